The number of hydrogen-bond acceptors (Lipinski definition) is 4. The maximum Gasteiger partial charge on any atom is 0.203 e. The Hall–Kier alpha value is -3.37. The minimum Gasteiger partial charge on any atom is -0.497 e. The van der Waals surface area contributed by atoms with Crippen LogP contribution >= 0.6 is 0 Å². The van der Waals surface area contributed by atoms with Crippen LogP contribution in [0.1, 0.15) is 21.5 Å². The summed E-state index contributed by atoms with van der Waals surface area (Å²) < 4.78 is 5.08. The summed E-state index contributed by atoms with van der Waals surface area (Å²) in [6.07, 6.45) is 1.50. The summed E-state index contributed by atoms with van der Waals surface area (Å²) >= 11 is 0. The van der Waals surface area contributed by atoms with Crippen molar-refractivity contribution in [2.45, 2.75) is 0 Å². The topological polar surface area (TPSA) is 73.9 Å². The fraction of sp³-hybridized carbons (Fsp3) is 0.0556. The normalized spacial score (nSPS) is 10.4. The molecular formula is C18H12N2O2. The molecule has 0 amide bonds. The van der Waals surface area contributed by atoms with Crippen molar-refractivity contribution < 1.29 is 9.53 Å². The molecule has 2 rings (SSSR count). The molecule has 22 heavy (non-hydrogen) atoms. The standard InChI is InChI=1S/C18H12N2O2/c1-22-17-4-2-3-15(10-17)18(21)16(12-20)9-13-5-7-14(11-19)8-6-13/h2-10H,1H3. The van der Waals surface area contributed by atoms with E-state index >= 15 is 0 Å². The minimum atomic E-state index is -0.370. The second-order valence-corrected chi connectivity index (χ2v) is 4.46. The molecule has 0 atom stereocenters. The van der Waals surface area contributed by atoms with Crippen LogP contribution in [-0.2, 0) is 0 Å². The fourth-order valence-electron chi connectivity index (χ4n) is 1.89. The summed E-state index contributed by atoms with van der Waals surface area (Å²) in [5.74, 6) is 0.187. The van der Waals surface area contributed by atoms with Gasteiger partial charge >= 0.3 is 0 Å². The summed E-state index contributed by atoms with van der Waals surface area (Å²) in [6, 6.07) is 17.2. The third-order valence-electron chi connectivity index (χ3n) is 3.05. The van der Waals surface area contributed by atoms with E-state index in [1.165, 1.54) is 13.2 Å². The Kier molecular flexibility index (Phi) is 4.70. The first-order valence-electron chi connectivity index (χ1n) is 6.48. The molecular weight excluding hydrogens is 276 g/mol. The van der Waals surface area contributed by atoms with E-state index < -0.39 is 0 Å². The van der Waals surface area contributed by atoms with Crippen molar-refractivity contribution in [1.82, 2.24) is 0 Å². The number of nitriles is 2. The Bertz CT molecular complexity index is 806. The molecule has 4 heteroatoms. The van der Waals surface area contributed by atoms with E-state index in [9.17, 15) is 10.1 Å². The van der Waals surface area contributed by atoms with Crippen molar-refractivity contribution in [1.29, 1.82) is 10.5 Å². The smallest absolute Gasteiger partial charge is 0.203 e. The van der Waals surface area contributed by atoms with E-state index in [0.29, 0.717) is 22.4 Å². The molecule has 0 N–H and O–H groups in total. The zero-order chi connectivity index (χ0) is 15.9. The average molecular weight is 288 g/mol. The average Bonchev–Trinajstić information content (AvgIpc) is 2.59. The SMILES string of the molecule is COc1cccc(C(=O)C(C#N)=Cc2ccc(C#N)cc2)c1. The molecule has 0 unspecified atom stereocenters. The maximum atomic E-state index is 12.4. The number of ketones is 1. The lowest BCUT2D eigenvalue weighted by Crippen LogP contribution is -2.02. The van der Waals surface area contributed by atoms with E-state index in [0.717, 1.165) is 0 Å². The van der Waals surface area contributed by atoms with E-state index in [4.69, 9.17) is 10.00 Å². The third-order valence-corrected chi connectivity index (χ3v) is 3.05. The van der Waals surface area contributed by atoms with Crippen molar-refractivity contribution in [3.8, 4) is 17.9 Å². The summed E-state index contributed by atoms with van der Waals surface area (Å²) in [5.41, 5.74) is 1.63. The Morgan fingerprint density at radius 3 is 2.45 bits per heavy atom. The van der Waals surface area contributed by atoms with Gasteiger partial charge in [-0.05, 0) is 35.9 Å². The quantitative estimate of drug-likeness (QED) is 0.491. The van der Waals surface area contributed by atoms with Gasteiger partial charge in [-0.25, -0.2) is 0 Å². The molecule has 2 aromatic rings. The van der Waals surface area contributed by atoms with Crippen LogP contribution in [-0.4, -0.2) is 12.9 Å². The van der Waals surface area contributed by atoms with Crippen LogP contribution in [0, 0.1) is 22.7 Å². The van der Waals surface area contributed by atoms with Crippen molar-refractivity contribution >= 4 is 11.9 Å². The highest BCUT2D eigenvalue weighted by atomic mass is 16.5. The Morgan fingerprint density at radius 1 is 1.14 bits per heavy atom. The van der Waals surface area contributed by atoms with Gasteiger partial charge < -0.3 is 4.74 Å². The van der Waals surface area contributed by atoms with Gasteiger partial charge in [-0.2, -0.15) is 10.5 Å². The molecule has 2 aromatic carbocycles. The van der Waals surface area contributed by atoms with E-state index in [-0.39, 0.29) is 11.4 Å². The number of benzene rings is 2. The molecule has 0 aliphatic rings. The number of ether oxygens (including phenoxy) is 1. The lowest BCUT2D eigenvalue weighted by atomic mass is 10.0. The van der Waals surface area contributed by atoms with Gasteiger partial charge in [-0.1, -0.05) is 24.3 Å². The molecule has 0 aliphatic carbocycles. The number of nitrogens with zero attached hydrogens (tertiary/aromatic N) is 2. The lowest BCUT2D eigenvalue weighted by Gasteiger charge is -2.03. The third kappa shape index (κ3) is 3.39. The number of Topliss-reactive ketones (excluding diaryl/α,β-unsaturated/α-hetero) is 1. The number of allylic oxidation sites excluding steroid dienone is 1. The summed E-state index contributed by atoms with van der Waals surface area (Å²) in [7, 11) is 1.52. The molecule has 0 spiro atoms. The van der Waals surface area contributed by atoms with E-state index in [1.54, 1.807) is 48.5 Å². The number of carbonyl (C=O) groups is 1. The lowest BCUT2D eigenvalue weighted by molar-refractivity contribution is 0.103. The molecule has 106 valence electrons. The maximum absolute atomic E-state index is 12.4. The van der Waals surface area contributed by atoms with Gasteiger partial charge in [0.05, 0.1) is 18.7 Å². The van der Waals surface area contributed by atoms with Gasteiger partial charge in [-0.15, -0.1) is 0 Å². The van der Waals surface area contributed by atoms with Gasteiger partial charge in [0.15, 0.2) is 0 Å². The minimum absolute atomic E-state index is 0.0259. The molecule has 0 saturated carbocycles. The van der Waals surface area contributed by atoms with Crippen LogP contribution in [0.5, 0.6) is 5.75 Å². The molecule has 4 nitrogen and oxygen atoms in total. The zero-order valence-electron chi connectivity index (χ0n) is 11.9. The van der Waals surface area contributed by atoms with Crippen LogP contribution in [0.4, 0.5) is 0 Å². The van der Waals surface area contributed by atoms with Crippen molar-refractivity contribution in [3.05, 3.63) is 70.8 Å². The van der Waals surface area contributed by atoms with Crippen LogP contribution in [0.3, 0.4) is 0 Å². The van der Waals surface area contributed by atoms with Crippen LogP contribution in [0.25, 0.3) is 6.08 Å². The zero-order valence-corrected chi connectivity index (χ0v) is 11.9. The van der Waals surface area contributed by atoms with Crippen LogP contribution in [0.15, 0.2) is 54.1 Å². The number of hydrogen-bond donors (Lipinski definition) is 0. The molecule has 0 fully saturated rings. The van der Waals surface area contributed by atoms with Gasteiger partial charge in [-0.3, -0.25) is 4.79 Å². The first-order chi connectivity index (χ1) is 10.7. The van der Waals surface area contributed by atoms with E-state index in [1.807, 2.05) is 12.1 Å². The number of carbonyl (C=O) groups excluding carboxylic acids is 1. The summed E-state index contributed by atoms with van der Waals surface area (Å²) in [5, 5.41) is 18.0. The Morgan fingerprint density at radius 2 is 1.86 bits per heavy atom. The molecule has 0 bridgehead atoms. The molecule has 0 aliphatic heterocycles. The van der Waals surface area contributed by atoms with Crippen molar-refractivity contribution in [2.24, 2.45) is 0 Å². The summed E-state index contributed by atoms with van der Waals surface area (Å²) in [4.78, 5) is 12.4. The first-order valence-corrected chi connectivity index (χ1v) is 6.48. The van der Waals surface area contributed by atoms with Crippen molar-refractivity contribution in [3.63, 3.8) is 0 Å². The Labute approximate surface area is 128 Å². The van der Waals surface area contributed by atoms with Gasteiger partial charge in [0.25, 0.3) is 0 Å². The highest BCUT2D eigenvalue weighted by Gasteiger charge is 2.12. The van der Waals surface area contributed by atoms with Gasteiger partial charge in [0.1, 0.15) is 17.4 Å². The second-order valence-electron chi connectivity index (χ2n) is 4.46. The van der Waals surface area contributed by atoms with Gasteiger partial charge in [0, 0.05) is 5.56 Å². The monoisotopic (exact) mass is 288 g/mol. The first kappa shape index (κ1) is 15.0. The van der Waals surface area contributed by atoms with Crippen LogP contribution in [0.2, 0.25) is 0 Å². The fourth-order valence-corrected chi connectivity index (χ4v) is 1.89. The van der Waals surface area contributed by atoms with E-state index in [2.05, 4.69) is 0 Å². The predicted octanol–water partition coefficient (Wildman–Crippen LogP) is 3.36. The molecule has 0 radical (unpaired) electrons. The highest BCUT2D eigenvalue weighted by Crippen LogP contribution is 2.17. The molecule has 0 heterocycles. The Balaban J connectivity index is 2.34. The molecule has 0 aromatic heterocycles. The predicted molar refractivity (Wildman–Crippen MR) is 82.1 cm³/mol. The van der Waals surface area contributed by atoms with Crippen LogP contribution < -0.4 is 4.74 Å². The largest absolute Gasteiger partial charge is 0.497 e. The number of rotatable bonds is 4. The number of methoxy groups -OCH3 is 1. The summed E-state index contributed by atoms with van der Waals surface area (Å²) in [6.45, 7) is 0. The van der Waals surface area contributed by atoms with Gasteiger partial charge in [0.2, 0.25) is 5.78 Å². The second kappa shape index (κ2) is 6.88. The van der Waals surface area contributed by atoms with Crippen molar-refractivity contribution in [2.75, 3.05) is 7.11 Å². The highest BCUT2D eigenvalue weighted by molar-refractivity contribution is 6.14. The molecule has 0 saturated heterocycles.